The fourth-order valence-corrected chi connectivity index (χ4v) is 6.69. The number of aromatic nitrogens is 5. The predicted molar refractivity (Wildman–Crippen MR) is 199 cm³/mol. The van der Waals surface area contributed by atoms with E-state index in [9.17, 15) is 0 Å². The third-order valence-corrected chi connectivity index (χ3v) is 8.95. The van der Waals surface area contributed by atoms with Gasteiger partial charge in [0.25, 0.3) is 0 Å². The van der Waals surface area contributed by atoms with Crippen molar-refractivity contribution in [2.24, 2.45) is 0 Å². The SMILES string of the molecule is c1ccc(-c2nc(-c3ccncc3)nc(-c3cc(-c4ccccc4)c(-n4c5ccccc5c5ccccc54)c(-c4ccccc4)c3)n2)cc1. The van der Waals surface area contributed by atoms with Crippen LogP contribution in [0, 0.1) is 0 Å². The monoisotopic (exact) mass is 627 g/mol. The summed E-state index contributed by atoms with van der Waals surface area (Å²) in [5, 5.41) is 2.43. The average molecular weight is 628 g/mol. The maximum absolute atomic E-state index is 5.12. The molecule has 5 heteroatoms. The summed E-state index contributed by atoms with van der Waals surface area (Å²) in [7, 11) is 0. The first kappa shape index (κ1) is 28.5. The summed E-state index contributed by atoms with van der Waals surface area (Å²) < 4.78 is 2.42. The Hall–Kier alpha value is -6.72. The van der Waals surface area contributed by atoms with Gasteiger partial charge in [-0.2, -0.15) is 0 Å². The number of benzene rings is 6. The molecule has 0 spiro atoms. The smallest absolute Gasteiger partial charge is 0.164 e. The Morgan fingerprint density at radius 2 is 0.735 bits per heavy atom. The Morgan fingerprint density at radius 3 is 1.22 bits per heavy atom. The quantitative estimate of drug-likeness (QED) is 0.184. The van der Waals surface area contributed by atoms with Crippen molar-refractivity contribution in [2.45, 2.75) is 0 Å². The fraction of sp³-hybridized carbons (Fsp3) is 0. The minimum atomic E-state index is 0.597. The largest absolute Gasteiger partial charge is 0.308 e. The number of fused-ring (bicyclic) bond motifs is 3. The molecule has 3 aromatic heterocycles. The van der Waals surface area contributed by atoms with Crippen molar-refractivity contribution in [1.82, 2.24) is 24.5 Å². The summed E-state index contributed by atoms with van der Waals surface area (Å²) >= 11 is 0. The second kappa shape index (κ2) is 12.1. The Labute approximate surface area is 283 Å². The van der Waals surface area contributed by atoms with E-state index in [-0.39, 0.29) is 0 Å². The van der Waals surface area contributed by atoms with Crippen molar-refractivity contribution in [1.29, 1.82) is 0 Å². The number of rotatable bonds is 6. The summed E-state index contributed by atoms with van der Waals surface area (Å²) in [4.78, 5) is 19.4. The van der Waals surface area contributed by atoms with Gasteiger partial charge in [-0.25, -0.2) is 15.0 Å². The van der Waals surface area contributed by atoms with Crippen molar-refractivity contribution < 1.29 is 0 Å². The van der Waals surface area contributed by atoms with E-state index >= 15 is 0 Å². The van der Waals surface area contributed by atoms with E-state index in [4.69, 9.17) is 15.0 Å². The molecule has 0 aliphatic rings. The Bertz CT molecular complexity index is 2410. The molecular formula is C44H29N5. The van der Waals surface area contributed by atoms with Crippen molar-refractivity contribution in [3.05, 3.63) is 176 Å². The topological polar surface area (TPSA) is 56.5 Å². The maximum Gasteiger partial charge on any atom is 0.164 e. The standard InChI is InChI=1S/C44H29N5/c1-4-14-30(15-5-1)37-28-34(44-47-42(32-18-8-3-9-19-32)46-43(48-44)33-24-26-45-27-25-33)29-38(31-16-6-2-7-17-31)41(37)49-39-22-12-10-20-35(39)36-21-11-13-23-40(36)49/h1-29H. The molecule has 0 bridgehead atoms. The van der Waals surface area contributed by atoms with Crippen molar-refractivity contribution in [3.8, 4) is 62.1 Å². The van der Waals surface area contributed by atoms with E-state index in [2.05, 4.69) is 131 Å². The molecular weight excluding hydrogens is 599 g/mol. The second-order valence-electron chi connectivity index (χ2n) is 11.9. The molecule has 9 aromatic rings. The number of hydrogen-bond acceptors (Lipinski definition) is 4. The van der Waals surface area contributed by atoms with Crippen LogP contribution in [0.25, 0.3) is 83.9 Å². The van der Waals surface area contributed by atoms with E-state index in [0.29, 0.717) is 17.5 Å². The zero-order chi connectivity index (χ0) is 32.6. The van der Waals surface area contributed by atoms with Crippen molar-refractivity contribution in [2.75, 3.05) is 0 Å². The Kier molecular flexibility index (Phi) is 7.06. The lowest BCUT2D eigenvalue weighted by molar-refractivity contribution is 1.07. The van der Waals surface area contributed by atoms with Gasteiger partial charge in [-0.05, 0) is 47.5 Å². The summed E-state index contributed by atoms with van der Waals surface area (Å²) in [6, 6.07) is 57.0. The highest BCUT2D eigenvalue weighted by Gasteiger charge is 2.22. The van der Waals surface area contributed by atoms with Gasteiger partial charge in [-0.15, -0.1) is 0 Å². The van der Waals surface area contributed by atoms with Crippen molar-refractivity contribution >= 4 is 21.8 Å². The van der Waals surface area contributed by atoms with E-state index < -0.39 is 0 Å². The number of nitrogens with zero attached hydrogens (tertiary/aromatic N) is 5. The van der Waals surface area contributed by atoms with Crippen LogP contribution in [0.4, 0.5) is 0 Å². The molecule has 0 aliphatic carbocycles. The van der Waals surface area contributed by atoms with Crippen LogP contribution < -0.4 is 0 Å². The van der Waals surface area contributed by atoms with Gasteiger partial charge in [0, 0.05) is 51.0 Å². The van der Waals surface area contributed by atoms with Crippen LogP contribution in [0.15, 0.2) is 176 Å². The minimum absolute atomic E-state index is 0.597. The van der Waals surface area contributed by atoms with Gasteiger partial charge in [0.2, 0.25) is 0 Å². The summed E-state index contributed by atoms with van der Waals surface area (Å²) in [6.45, 7) is 0. The van der Waals surface area contributed by atoms with Gasteiger partial charge in [0.1, 0.15) is 0 Å². The van der Waals surface area contributed by atoms with Crippen LogP contribution >= 0.6 is 0 Å². The molecule has 0 saturated carbocycles. The van der Waals surface area contributed by atoms with Gasteiger partial charge >= 0.3 is 0 Å². The highest BCUT2D eigenvalue weighted by Crippen LogP contribution is 2.43. The van der Waals surface area contributed by atoms with Crippen LogP contribution in [0.2, 0.25) is 0 Å². The molecule has 0 unspecified atom stereocenters. The molecule has 6 aromatic carbocycles. The molecule has 9 rings (SSSR count). The van der Waals surface area contributed by atoms with E-state index in [0.717, 1.165) is 55.7 Å². The highest BCUT2D eigenvalue weighted by molar-refractivity contribution is 6.10. The molecule has 0 aliphatic heterocycles. The Morgan fingerprint density at radius 1 is 0.347 bits per heavy atom. The normalized spacial score (nSPS) is 11.3. The van der Waals surface area contributed by atoms with E-state index in [1.807, 2.05) is 42.5 Å². The third-order valence-electron chi connectivity index (χ3n) is 8.95. The molecule has 0 saturated heterocycles. The number of hydrogen-bond donors (Lipinski definition) is 0. The van der Waals surface area contributed by atoms with Crippen LogP contribution in [-0.4, -0.2) is 24.5 Å². The lowest BCUT2D eigenvalue weighted by Gasteiger charge is -2.21. The number of para-hydroxylation sites is 2. The molecule has 3 heterocycles. The van der Waals surface area contributed by atoms with Gasteiger partial charge in [0.15, 0.2) is 17.5 Å². The van der Waals surface area contributed by atoms with Gasteiger partial charge < -0.3 is 4.57 Å². The Balaban J connectivity index is 1.40. The van der Waals surface area contributed by atoms with E-state index in [1.165, 1.54) is 10.8 Å². The zero-order valence-corrected chi connectivity index (χ0v) is 26.5. The van der Waals surface area contributed by atoms with Crippen LogP contribution in [-0.2, 0) is 0 Å². The first-order chi connectivity index (χ1) is 24.3. The molecule has 0 atom stereocenters. The van der Waals surface area contributed by atoms with Gasteiger partial charge in [0.05, 0.1) is 16.7 Å². The number of pyridine rings is 1. The highest BCUT2D eigenvalue weighted by atomic mass is 15.0. The molecule has 0 N–H and O–H groups in total. The molecule has 0 fully saturated rings. The van der Waals surface area contributed by atoms with Gasteiger partial charge in [-0.1, -0.05) is 127 Å². The second-order valence-corrected chi connectivity index (χ2v) is 11.9. The fourth-order valence-electron chi connectivity index (χ4n) is 6.69. The summed E-state index contributed by atoms with van der Waals surface area (Å²) in [5.41, 5.74) is 10.5. The molecule has 230 valence electrons. The van der Waals surface area contributed by atoms with Crippen LogP contribution in [0.1, 0.15) is 0 Å². The average Bonchev–Trinajstić information content (AvgIpc) is 3.52. The molecule has 0 amide bonds. The first-order valence-electron chi connectivity index (χ1n) is 16.3. The lowest BCUT2D eigenvalue weighted by Crippen LogP contribution is -2.04. The molecule has 49 heavy (non-hydrogen) atoms. The van der Waals surface area contributed by atoms with Gasteiger partial charge in [-0.3, -0.25) is 4.98 Å². The minimum Gasteiger partial charge on any atom is -0.308 e. The molecule has 0 radical (unpaired) electrons. The summed E-state index contributed by atoms with van der Waals surface area (Å²) in [6.07, 6.45) is 3.53. The lowest BCUT2D eigenvalue weighted by atomic mass is 9.92. The summed E-state index contributed by atoms with van der Waals surface area (Å²) in [5.74, 6) is 1.82. The van der Waals surface area contributed by atoms with Crippen LogP contribution in [0.3, 0.4) is 0 Å². The predicted octanol–water partition coefficient (Wildman–Crippen LogP) is 10.7. The maximum atomic E-state index is 5.12. The zero-order valence-electron chi connectivity index (χ0n) is 26.5. The van der Waals surface area contributed by atoms with Crippen LogP contribution in [0.5, 0.6) is 0 Å². The molecule has 5 nitrogen and oxygen atoms in total. The van der Waals surface area contributed by atoms with Crippen molar-refractivity contribution in [3.63, 3.8) is 0 Å². The van der Waals surface area contributed by atoms with E-state index in [1.54, 1.807) is 12.4 Å². The third kappa shape index (κ3) is 5.14. The first-order valence-corrected chi connectivity index (χ1v) is 16.3.